The average Bonchev–Trinajstić information content (AvgIpc) is 3.41. The molecule has 5 aromatic rings. The van der Waals surface area contributed by atoms with Gasteiger partial charge < -0.3 is 4.98 Å². The summed E-state index contributed by atoms with van der Waals surface area (Å²) in [4.78, 5) is 34.4. The summed E-state index contributed by atoms with van der Waals surface area (Å²) >= 11 is 0. The summed E-state index contributed by atoms with van der Waals surface area (Å²) in [5, 5.41) is 8.32. The van der Waals surface area contributed by atoms with Crippen molar-refractivity contribution < 1.29 is 9.59 Å². The first kappa shape index (κ1) is 17.8. The number of rotatable bonds is 3. The van der Waals surface area contributed by atoms with Crippen molar-refractivity contribution in [3.63, 3.8) is 0 Å². The van der Waals surface area contributed by atoms with Gasteiger partial charge in [0, 0.05) is 23.6 Å². The van der Waals surface area contributed by atoms with Crippen molar-refractivity contribution in [2.45, 2.75) is 0 Å². The van der Waals surface area contributed by atoms with Gasteiger partial charge >= 0.3 is 0 Å². The molecule has 0 radical (unpaired) electrons. The molecule has 146 valence electrons. The van der Waals surface area contributed by atoms with Crippen LogP contribution in [0.4, 0.5) is 0 Å². The van der Waals surface area contributed by atoms with Gasteiger partial charge in [0.25, 0.3) is 11.8 Å². The highest BCUT2D eigenvalue weighted by molar-refractivity contribution is 6.11. The minimum absolute atomic E-state index is 0.353. The molecule has 0 aliphatic rings. The molecular formula is C23H17N5O2. The Balaban J connectivity index is 1.48. The molecule has 0 fully saturated rings. The summed E-state index contributed by atoms with van der Waals surface area (Å²) in [5.74, 6) is -0.123. The van der Waals surface area contributed by atoms with Crippen LogP contribution in [0.2, 0.25) is 0 Å². The summed E-state index contributed by atoms with van der Waals surface area (Å²) in [6.45, 7) is 0. The van der Waals surface area contributed by atoms with Crippen molar-refractivity contribution in [2.24, 2.45) is 0 Å². The Morgan fingerprint density at radius 1 is 0.833 bits per heavy atom. The molecule has 0 bridgehead atoms. The van der Waals surface area contributed by atoms with Gasteiger partial charge in [-0.15, -0.1) is 0 Å². The summed E-state index contributed by atoms with van der Waals surface area (Å²) in [7, 11) is 1.48. The zero-order chi connectivity index (χ0) is 20.7. The van der Waals surface area contributed by atoms with Gasteiger partial charge in [0.2, 0.25) is 0 Å². The molecule has 0 aliphatic carbocycles. The second-order valence-corrected chi connectivity index (χ2v) is 6.97. The van der Waals surface area contributed by atoms with Crippen LogP contribution in [0, 0.1) is 0 Å². The second kappa shape index (κ2) is 6.97. The standard InChI is InChI=1S/C23H17N5O2/c1-28(22(29)14-7-3-2-4-8-14)23(30)15-11-12-18-19(13-15)25-21(24-18)20-16-9-5-6-10-17(16)26-27-20/h2-13H,1H3,(H,24,25)(H,26,27). The molecule has 0 spiro atoms. The molecular weight excluding hydrogens is 378 g/mol. The number of carbonyl (C=O) groups is 2. The normalized spacial score (nSPS) is 11.1. The molecule has 0 unspecified atom stereocenters. The van der Waals surface area contributed by atoms with E-state index in [0.29, 0.717) is 33.7 Å². The molecule has 7 nitrogen and oxygen atoms in total. The number of aromatic amines is 2. The number of benzene rings is 3. The monoisotopic (exact) mass is 395 g/mol. The Bertz CT molecular complexity index is 1400. The van der Waals surface area contributed by atoms with Crippen LogP contribution in [0.15, 0.2) is 72.8 Å². The second-order valence-electron chi connectivity index (χ2n) is 6.97. The van der Waals surface area contributed by atoms with Gasteiger partial charge in [-0.2, -0.15) is 5.10 Å². The third-order valence-corrected chi connectivity index (χ3v) is 5.05. The van der Waals surface area contributed by atoms with Crippen LogP contribution >= 0.6 is 0 Å². The summed E-state index contributed by atoms with van der Waals surface area (Å²) in [6, 6.07) is 21.7. The number of H-pyrrole nitrogens is 2. The summed E-state index contributed by atoms with van der Waals surface area (Å²) in [5.41, 5.74) is 3.91. The topological polar surface area (TPSA) is 94.7 Å². The lowest BCUT2D eigenvalue weighted by Gasteiger charge is -2.15. The van der Waals surface area contributed by atoms with E-state index in [9.17, 15) is 9.59 Å². The van der Waals surface area contributed by atoms with E-state index in [4.69, 9.17) is 0 Å². The SMILES string of the molecule is CN(C(=O)c1ccccc1)C(=O)c1ccc2nc(-c3n[nH]c4ccccc34)[nH]c2c1. The lowest BCUT2D eigenvalue weighted by molar-refractivity contribution is 0.0656. The molecule has 3 aromatic carbocycles. The van der Waals surface area contributed by atoms with Crippen LogP contribution in [0.1, 0.15) is 20.7 Å². The Labute approximate surface area is 171 Å². The highest BCUT2D eigenvalue weighted by Gasteiger charge is 2.21. The van der Waals surface area contributed by atoms with E-state index < -0.39 is 0 Å². The number of aromatic nitrogens is 4. The maximum Gasteiger partial charge on any atom is 0.260 e. The van der Waals surface area contributed by atoms with Gasteiger partial charge in [-0.3, -0.25) is 19.6 Å². The van der Waals surface area contributed by atoms with Crippen molar-refractivity contribution in [1.82, 2.24) is 25.1 Å². The Kier molecular flexibility index (Phi) is 4.14. The van der Waals surface area contributed by atoms with Crippen molar-refractivity contribution in [3.05, 3.63) is 83.9 Å². The highest BCUT2D eigenvalue weighted by Crippen LogP contribution is 2.26. The first-order valence-corrected chi connectivity index (χ1v) is 9.42. The molecule has 5 rings (SSSR count). The minimum Gasteiger partial charge on any atom is -0.337 e. The molecule has 2 aromatic heterocycles. The van der Waals surface area contributed by atoms with E-state index in [1.165, 1.54) is 7.05 Å². The molecule has 0 saturated heterocycles. The molecule has 7 heteroatoms. The summed E-state index contributed by atoms with van der Waals surface area (Å²) in [6.07, 6.45) is 0. The van der Waals surface area contributed by atoms with Gasteiger partial charge in [0.1, 0.15) is 5.69 Å². The van der Waals surface area contributed by atoms with Crippen LogP contribution in [-0.2, 0) is 0 Å². The number of amides is 2. The van der Waals surface area contributed by atoms with E-state index in [1.807, 2.05) is 30.3 Å². The minimum atomic E-state index is -0.382. The first-order chi connectivity index (χ1) is 14.6. The number of fused-ring (bicyclic) bond motifs is 2. The number of imide groups is 1. The van der Waals surface area contributed by atoms with Crippen molar-refractivity contribution >= 4 is 33.8 Å². The van der Waals surface area contributed by atoms with Crippen LogP contribution in [0.25, 0.3) is 33.5 Å². The van der Waals surface area contributed by atoms with Crippen LogP contribution in [0.5, 0.6) is 0 Å². The van der Waals surface area contributed by atoms with E-state index >= 15 is 0 Å². The van der Waals surface area contributed by atoms with Crippen molar-refractivity contribution in [3.8, 4) is 11.5 Å². The number of imidazole rings is 1. The Morgan fingerprint density at radius 2 is 1.57 bits per heavy atom. The fourth-order valence-electron chi connectivity index (χ4n) is 3.46. The predicted octanol–water partition coefficient (Wildman–Crippen LogP) is 4.02. The van der Waals surface area contributed by atoms with Crippen LogP contribution in [-0.4, -0.2) is 43.9 Å². The Morgan fingerprint density at radius 3 is 2.40 bits per heavy atom. The van der Waals surface area contributed by atoms with Crippen LogP contribution < -0.4 is 0 Å². The van der Waals surface area contributed by atoms with Gasteiger partial charge in [-0.05, 0) is 36.4 Å². The van der Waals surface area contributed by atoms with E-state index in [1.54, 1.807) is 42.5 Å². The van der Waals surface area contributed by atoms with E-state index in [0.717, 1.165) is 15.8 Å². The van der Waals surface area contributed by atoms with Crippen molar-refractivity contribution in [1.29, 1.82) is 0 Å². The van der Waals surface area contributed by atoms with E-state index in [-0.39, 0.29) is 11.8 Å². The Hall–Kier alpha value is -4.26. The average molecular weight is 395 g/mol. The van der Waals surface area contributed by atoms with Gasteiger partial charge in [-0.25, -0.2) is 4.98 Å². The quantitative estimate of drug-likeness (QED) is 0.451. The highest BCUT2D eigenvalue weighted by atomic mass is 16.2. The molecule has 2 heterocycles. The summed E-state index contributed by atoms with van der Waals surface area (Å²) < 4.78 is 0. The van der Waals surface area contributed by atoms with Gasteiger partial charge in [0.15, 0.2) is 5.82 Å². The molecule has 2 N–H and O–H groups in total. The largest absolute Gasteiger partial charge is 0.337 e. The molecule has 0 aliphatic heterocycles. The van der Waals surface area contributed by atoms with E-state index in [2.05, 4.69) is 20.2 Å². The zero-order valence-corrected chi connectivity index (χ0v) is 16.1. The van der Waals surface area contributed by atoms with Crippen LogP contribution in [0.3, 0.4) is 0 Å². The first-order valence-electron chi connectivity index (χ1n) is 9.42. The fraction of sp³-hybridized carbons (Fsp3) is 0.0435. The number of carbonyl (C=O) groups excluding carboxylic acids is 2. The number of hydrogen-bond acceptors (Lipinski definition) is 4. The predicted molar refractivity (Wildman–Crippen MR) is 114 cm³/mol. The fourth-order valence-corrected chi connectivity index (χ4v) is 3.46. The third kappa shape index (κ3) is 2.93. The molecule has 2 amide bonds. The lowest BCUT2D eigenvalue weighted by Crippen LogP contribution is -2.33. The number of nitrogens with one attached hydrogen (secondary N) is 2. The van der Waals surface area contributed by atoms with Gasteiger partial charge in [0.05, 0.1) is 16.6 Å². The smallest absolute Gasteiger partial charge is 0.260 e. The van der Waals surface area contributed by atoms with Crippen molar-refractivity contribution in [2.75, 3.05) is 7.05 Å². The lowest BCUT2D eigenvalue weighted by atomic mass is 10.1. The maximum atomic E-state index is 12.9. The molecule has 30 heavy (non-hydrogen) atoms. The maximum absolute atomic E-state index is 12.9. The number of para-hydroxylation sites is 1. The third-order valence-electron chi connectivity index (χ3n) is 5.05. The molecule has 0 atom stereocenters. The number of nitrogens with zero attached hydrogens (tertiary/aromatic N) is 3. The van der Waals surface area contributed by atoms with Gasteiger partial charge in [-0.1, -0.05) is 36.4 Å². The zero-order valence-electron chi connectivity index (χ0n) is 16.1. The number of hydrogen-bond donors (Lipinski definition) is 2. The molecule has 0 saturated carbocycles.